The minimum Gasteiger partial charge on any atom is -0.395 e. The van der Waals surface area contributed by atoms with E-state index in [2.05, 4.69) is 4.37 Å². The third kappa shape index (κ3) is 2.43. The van der Waals surface area contributed by atoms with Crippen LogP contribution in [0.3, 0.4) is 0 Å². The molecule has 0 fully saturated rings. The Hall–Kier alpha value is -2.19. The Morgan fingerprint density at radius 2 is 2.06 bits per heavy atom. The zero-order valence-corrected chi connectivity index (χ0v) is 8.90. The third-order valence-corrected chi connectivity index (χ3v) is 2.36. The van der Waals surface area contributed by atoms with Gasteiger partial charge in [0.05, 0.1) is 23.2 Å². The van der Waals surface area contributed by atoms with Crippen molar-refractivity contribution in [3.05, 3.63) is 51.0 Å². The van der Waals surface area contributed by atoms with Gasteiger partial charge in [0.15, 0.2) is 0 Å². The van der Waals surface area contributed by atoms with Gasteiger partial charge in [0, 0.05) is 6.08 Å². The van der Waals surface area contributed by atoms with Crippen LogP contribution in [-0.2, 0) is 0 Å². The van der Waals surface area contributed by atoms with Gasteiger partial charge in [-0.05, 0) is 23.8 Å². The van der Waals surface area contributed by atoms with Crippen LogP contribution in [0.4, 0.5) is 0 Å². The predicted octanol–water partition coefficient (Wildman–Crippen LogP) is 2.14. The van der Waals surface area contributed by atoms with Crippen LogP contribution in [0.15, 0.2) is 33.5 Å². The zero-order chi connectivity index (χ0) is 11.4. The second-order valence-electron chi connectivity index (χ2n) is 2.94. The smallest absolute Gasteiger partial charge is 0.395 e. The quantitative estimate of drug-likeness (QED) is 0.792. The fourth-order valence-corrected chi connectivity index (χ4v) is 1.49. The first-order valence-corrected chi connectivity index (χ1v) is 5.20. The maximum absolute atomic E-state index is 10.7. The van der Waals surface area contributed by atoms with Crippen LogP contribution in [0, 0.1) is 11.3 Å². The fourth-order valence-electron chi connectivity index (χ4n) is 1.11. The van der Waals surface area contributed by atoms with Crippen molar-refractivity contribution in [3.8, 4) is 6.07 Å². The number of nitriles is 1. The molecule has 2 rings (SSSR count). The van der Waals surface area contributed by atoms with Gasteiger partial charge in [-0.25, -0.2) is 4.79 Å². The molecule has 78 valence electrons. The van der Waals surface area contributed by atoms with E-state index in [-0.39, 0.29) is 0 Å². The van der Waals surface area contributed by atoms with E-state index in [1.54, 1.807) is 36.4 Å². The minimum absolute atomic E-state index is 0.291. The summed E-state index contributed by atoms with van der Waals surface area (Å²) >= 11 is 0.779. The summed E-state index contributed by atoms with van der Waals surface area (Å²) in [4.78, 5) is 10.3. The van der Waals surface area contributed by atoms with Crippen molar-refractivity contribution in [1.29, 1.82) is 5.26 Å². The Bertz CT molecular complexity index is 602. The summed E-state index contributed by atoms with van der Waals surface area (Å²) in [6.07, 6.45) is 3.37. The molecule has 0 N–H and O–H groups in total. The van der Waals surface area contributed by atoms with Crippen molar-refractivity contribution in [2.75, 3.05) is 0 Å². The van der Waals surface area contributed by atoms with E-state index < -0.39 is 4.94 Å². The number of hydrogen-bond acceptors (Lipinski definition) is 5. The largest absolute Gasteiger partial charge is 0.414 e. The maximum Gasteiger partial charge on any atom is 0.414 e. The molecule has 0 aliphatic rings. The molecule has 0 saturated heterocycles. The van der Waals surface area contributed by atoms with Gasteiger partial charge in [-0.15, -0.1) is 4.37 Å². The fraction of sp³-hybridized carbons (Fsp3) is 0. The molecule has 2 aromatic rings. The summed E-state index contributed by atoms with van der Waals surface area (Å²) in [7, 11) is 0. The molecule has 0 atom stereocenters. The lowest BCUT2D eigenvalue weighted by Crippen LogP contribution is -1.81. The van der Waals surface area contributed by atoms with Gasteiger partial charge in [0.2, 0.25) is 5.89 Å². The Labute approximate surface area is 95.3 Å². The maximum atomic E-state index is 10.7. The summed E-state index contributed by atoms with van der Waals surface area (Å²) < 4.78 is 8.55. The molecule has 0 amide bonds. The average Bonchev–Trinajstić information content (AvgIpc) is 2.73. The summed E-state index contributed by atoms with van der Waals surface area (Å²) in [5.74, 6) is 0.291. The SMILES string of the molecule is N#Cc1ccc(/C=C/c2nsc(=O)o2)cc1. The van der Waals surface area contributed by atoms with Gasteiger partial charge in [-0.3, -0.25) is 0 Å². The van der Waals surface area contributed by atoms with Gasteiger partial charge in [-0.1, -0.05) is 12.1 Å². The molecule has 5 heteroatoms. The lowest BCUT2D eigenvalue weighted by molar-refractivity contribution is 0.516. The van der Waals surface area contributed by atoms with Crippen LogP contribution in [0.5, 0.6) is 0 Å². The minimum atomic E-state index is -0.417. The first kappa shape index (κ1) is 10.3. The second kappa shape index (κ2) is 4.55. The molecule has 0 bridgehead atoms. The molecular formula is C11H6N2O2S. The summed E-state index contributed by atoms with van der Waals surface area (Å²) in [5, 5.41) is 8.61. The second-order valence-corrected chi connectivity index (χ2v) is 3.64. The van der Waals surface area contributed by atoms with E-state index in [9.17, 15) is 4.79 Å². The molecule has 0 aliphatic heterocycles. The van der Waals surface area contributed by atoms with E-state index in [1.807, 2.05) is 6.07 Å². The van der Waals surface area contributed by atoms with Crippen molar-refractivity contribution >= 4 is 23.7 Å². The topological polar surface area (TPSA) is 66.9 Å². The number of benzene rings is 1. The summed E-state index contributed by atoms with van der Waals surface area (Å²) in [6, 6.07) is 9.09. The molecule has 1 aromatic carbocycles. The Morgan fingerprint density at radius 3 is 2.62 bits per heavy atom. The highest BCUT2D eigenvalue weighted by Crippen LogP contribution is 2.07. The molecule has 1 heterocycles. The molecule has 0 saturated carbocycles. The first-order valence-electron chi connectivity index (χ1n) is 4.43. The molecule has 0 radical (unpaired) electrons. The van der Waals surface area contributed by atoms with Gasteiger partial charge in [0.1, 0.15) is 0 Å². The Kier molecular flexibility index (Phi) is 2.94. The lowest BCUT2D eigenvalue weighted by atomic mass is 10.1. The standard InChI is InChI=1S/C11H6N2O2S/c12-7-9-3-1-8(2-4-9)5-6-10-13-16-11(14)15-10/h1-6H/b6-5+. The predicted molar refractivity (Wildman–Crippen MR) is 60.7 cm³/mol. The Balaban J connectivity index is 2.18. The van der Waals surface area contributed by atoms with Crippen LogP contribution in [-0.4, -0.2) is 4.37 Å². The van der Waals surface area contributed by atoms with Crippen molar-refractivity contribution in [2.45, 2.75) is 0 Å². The lowest BCUT2D eigenvalue weighted by Gasteiger charge is -1.91. The van der Waals surface area contributed by atoms with E-state index in [1.165, 1.54) is 0 Å². The number of nitrogens with zero attached hydrogens (tertiary/aromatic N) is 2. The van der Waals surface area contributed by atoms with Crippen LogP contribution in [0.1, 0.15) is 17.0 Å². The molecule has 16 heavy (non-hydrogen) atoms. The van der Waals surface area contributed by atoms with Gasteiger partial charge < -0.3 is 4.42 Å². The molecule has 1 aromatic heterocycles. The number of aromatic nitrogens is 1. The summed E-state index contributed by atoms with van der Waals surface area (Å²) in [5.41, 5.74) is 1.52. The monoisotopic (exact) mass is 230 g/mol. The Morgan fingerprint density at radius 1 is 1.31 bits per heavy atom. The van der Waals surface area contributed by atoms with Crippen LogP contribution in [0.25, 0.3) is 12.2 Å². The van der Waals surface area contributed by atoms with Crippen molar-refractivity contribution in [3.63, 3.8) is 0 Å². The molecule has 0 aliphatic carbocycles. The highest BCUT2D eigenvalue weighted by molar-refractivity contribution is 7.02. The normalized spacial score (nSPS) is 10.4. The first-order chi connectivity index (χ1) is 7.78. The van der Waals surface area contributed by atoms with E-state index in [4.69, 9.17) is 9.68 Å². The average molecular weight is 230 g/mol. The highest BCUT2D eigenvalue weighted by atomic mass is 32.1. The van der Waals surface area contributed by atoms with Gasteiger partial charge in [0.25, 0.3) is 0 Å². The van der Waals surface area contributed by atoms with E-state index in [0.717, 1.165) is 17.1 Å². The van der Waals surface area contributed by atoms with Crippen LogP contribution in [0.2, 0.25) is 0 Å². The van der Waals surface area contributed by atoms with E-state index in [0.29, 0.717) is 11.5 Å². The van der Waals surface area contributed by atoms with Crippen LogP contribution < -0.4 is 4.94 Å². The molecule has 4 nitrogen and oxygen atoms in total. The van der Waals surface area contributed by atoms with Crippen molar-refractivity contribution in [2.24, 2.45) is 0 Å². The zero-order valence-electron chi connectivity index (χ0n) is 8.08. The van der Waals surface area contributed by atoms with Crippen molar-refractivity contribution < 1.29 is 4.42 Å². The van der Waals surface area contributed by atoms with Gasteiger partial charge >= 0.3 is 4.94 Å². The van der Waals surface area contributed by atoms with E-state index >= 15 is 0 Å². The highest BCUT2D eigenvalue weighted by Gasteiger charge is 1.96. The third-order valence-electron chi connectivity index (χ3n) is 1.86. The molecular weight excluding hydrogens is 224 g/mol. The number of hydrogen-bond donors (Lipinski definition) is 0. The molecule has 0 spiro atoms. The summed E-state index contributed by atoms with van der Waals surface area (Å²) in [6.45, 7) is 0. The van der Waals surface area contributed by atoms with Gasteiger partial charge in [-0.2, -0.15) is 5.26 Å². The molecule has 0 unspecified atom stereocenters. The number of rotatable bonds is 2. The van der Waals surface area contributed by atoms with Crippen molar-refractivity contribution in [1.82, 2.24) is 4.37 Å². The van der Waals surface area contributed by atoms with Crippen LogP contribution >= 0.6 is 11.5 Å².